The van der Waals surface area contributed by atoms with Gasteiger partial charge < -0.3 is 19.5 Å². The average molecular weight is 559 g/mol. The highest BCUT2D eigenvalue weighted by Crippen LogP contribution is 2.28. The van der Waals surface area contributed by atoms with Crippen molar-refractivity contribution < 1.29 is 32.6 Å². The molecular weight excluding hydrogens is 526 g/mol. The molecule has 2 N–H and O–H groups in total. The molecule has 40 heavy (non-hydrogen) atoms. The van der Waals surface area contributed by atoms with Crippen molar-refractivity contribution in [1.82, 2.24) is 15.1 Å². The van der Waals surface area contributed by atoms with Crippen LogP contribution >= 0.6 is 0 Å². The Hall–Kier alpha value is -4.48. The Labute approximate surface area is 230 Å². The molecule has 1 aromatic heterocycles. The van der Waals surface area contributed by atoms with Gasteiger partial charge in [-0.3, -0.25) is 10.1 Å². The molecule has 0 aliphatic carbocycles. The zero-order valence-corrected chi connectivity index (χ0v) is 22.8. The second-order valence-corrected chi connectivity index (χ2v) is 9.66. The molecular formula is C28H32F2N4O6. The number of ether oxygens (including phenoxy) is 3. The number of carbonyl (C=O) groups is 2. The van der Waals surface area contributed by atoms with E-state index >= 15 is 0 Å². The number of nitrogens with one attached hydrogen (secondary N) is 2. The number of benzene rings is 2. The zero-order valence-electron chi connectivity index (χ0n) is 22.8. The smallest absolute Gasteiger partial charge is 0.411 e. The van der Waals surface area contributed by atoms with Gasteiger partial charge in [-0.25, -0.2) is 23.1 Å². The van der Waals surface area contributed by atoms with Crippen molar-refractivity contribution in [3.8, 4) is 17.0 Å². The maximum atomic E-state index is 14.8. The van der Waals surface area contributed by atoms with Gasteiger partial charge >= 0.3 is 12.2 Å². The second kappa shape index (κ2) is 13.5. The summed E-state index contributed by atoms with van der Waals surface area (Å²) in [5, 5.41) is 9.39. The fourth-order valence-corrected chi connectivity index (χ4v) is 3.52. The normalized spacial score (nSPS) is 11.1. The monoisotopic (exact) mass is 558 g/mol. The lowest BCUT2D eigenvalue weighted by atomic mass is 10.1. The number of rotatable bonds is 10. The molecule has 214 valence electrons. The maximum absolute atomic E-state index is 14.8. The van der Waals surface area contributed by atoms with E-state index in [-0.39, 0.29) is 37.6 Å². The molecule has 0 saturated carbocycles. The largest absolute Gasteiger partial charge is 0.488 e. The molecule has 0 atom stereocenters. The van der Waals surface area contributed by atoms with Gasteiger partial charge in [0.05, 0.1) is 25.5 Å². The van der Waals surface area contributed by atoms with Gasteiger partial charge in [0.1, 0.15) is 5.60 Å². The lowest BCUT2D eigenvalue weighted by molar-refractivity contribution is 0.0525. The highest BCUT2D eigenvalue weighted by molar-refractivity contribution is 5.84. The van der Waals surface area contributed by atoms with Crippen molar-refractivity contribution in [2.24, 2.45) is 0 Å². The second-order valence-electron chi connectivity index (χ2n) is 9.66. The molecule has 12 heteroatoms. The highest BCUT2D eigenvalue weighted by Gasteiger charge is 2.17. The standard InChI is InChI=1S/C28H32F2N4O6/c1-5-38-27(37)32-20-9-6-8-18(14-20)17-34-24(35)11-10-23(33-34)19-15-21(29)25(22(30)16-19)39-13-7-12-31-26(36)40-28(2,3)4/h6,8-11,14-16H,5,7,12-13,17H2,1-4H3,(H,31,36)(H,32,37). The molecule has 0 unspecified atom stereocenters. The zero-order chi connectivity index (χ0) is 29.3. The Balaban J connectivity index is 1.66. The van der Waals surface area contributed by atoms with E-state index < -0.39 is 40.7 Å². The third kappa shape index (κ3) is 9.07. The summed E-state index contributed by atoms with van der Waals surface area (Å²) in [5.74, 6) is -2.43. The van der Waals surface area contributed by atoms with E-state index in [0.29, 0.717) is 17.7 Å². The summed E-state index contributed by atoms with van der Waals surface area (Å²) in [6.45, 7) is 7.32. The quantitative estimate of drug-likeness (QED) is 0.332. The lowest BCUT2D eigenvalue weighted by Gasteiger charge is -2.19. The van der Waals surface area contributed by atoms with Crippen molar-refractivity contribution in [2.45, 2.75) is 46.3 Å². The molecule has 3 aromatic rings. The Bertz CT molecular complexity index is 1380. The van der Waals surface area contributed by atoms with Crippen molar-refractivity contribution in [1.29, 1.82) is 0 Å². The highest BCUT2D eigenvalue weighted by atomic mass is 19.1. The van der Waals surface area contributed by atoms with Crippen molar-refractivity contribution in [2.75, 3.05) is 25.1 Å². The number of carbonyl (C=O) groups excluding carboxylic acids is 2. The minimum Gasteiger partial charge on any atom is -0.488 e. The summed E-state index contributed by atoms with van der Waals surface area (Å²) in [7, 11) is 0. The number of anilines is 1. The summed E-state index contributed by atoms with van der Waals surface area (Å²) >= 11 is 0. The molecule has 0 radical (unpaired) electrons. The van der Waals surface area contributed by atoms with Crippen LogP contribution in [0.3, 0.4) is 0 Å². The van der Waals surface area contributed by atoms with E-state index in [9.17, 15) is 23.2 Å². The molecule has 0 fully saturated rings. The average Bonchev–Trinajstić information content (AvgIpc) is 2.85. The van der Waals surface area contributed by atoms with Gasteiger partial charge in [-0.2, -0.15) is 5.10 Å². The van der Waals surface area contributed by atoms with Crippen molar-refractivity contribution >= 4 is 17.9 Å². The van der Waals surface area contributed by atoms with Crippen LogP contribution in [0.5, 0.6) is 5.75 Å². The van der Waals surface area contributed by atoms with Crippen molar-refractivity contribution in [3.63, 3.8) is 0 Å². The summed E-state index contributed by atoms with van der Waals surface area (Å²) in [6, 6.07) is 11.5. The number of nitrogens with zero attached hydrogens (tertiary/aromatic N) is 2. The van der Waals surface area contributed by atoms with E-state index in [4.69, 9.17) is 14.2 Å². The molecule has 10 nitrogen and oxygen atoms in total. The van der Waals surface area contributed by atoms with Gasteiger partial charge in [-0.05, 0) is 70.0 Å². The molecule has 0 bridgehead atoms. The summed E-state index contributed by atoms with van der Waals surface area (Å²) in [4.78, 5) is 35.8. The minimum atomic E-state index is -0.938. The Morgan fingerprint density at radius 3 is 2.42 bits per heavy atom. The Morgan fingerprint density at radius 2 is 1.75 bits per heavy atom. The Morgan fingerprint density at radius 1 is 1.02 bits per heavy atom. The predicted molar refractivity (Wildman–Crippen MR) is 144 cm³/mol. The third-order valence-electron chi connectivity index (χ3n) is 5.18. The first-order chi connectivity index (χ1) is 18.9. The van der Waals surface area contributed by atoms with E-state index in [0.717, 1.165) is 16.8 Å². The number of alkyl carbamates (subject to hydrolysis) is 1. The number of halogens is 2. The van der Waals surface area contributed by atoms with Crippen LogP contribution in [0.2, 0.25) is 0 Å². The summed E-state index contributed by atoms with van der Waals surface area (Å²) in [5.41, 5.74) is 0.355. The van der Waals surface area contributed by atoms with Crippen molar-refractivity contribution in [3.05, 3.63) is 76.1 Å². The molecule has 0 saturated heterocycles. The van der Waals surface area contributed by atoms with Crippen LogP contribution in [0.1, 0.15) is 39.7 Å². The van der Waals surface area contributed by atoms with Crippen LogP contribution in [-0.4, -0.2) is 47.3 Å². The first-order valence-electron chi connectivity index (χ1n) is 12.6. The SMILES string of the molecule is CCOC(=O)Nc1cccc(Cn2nc(-c3cc(F)c(OCCCNC(=O)OC(C)(C)C)c(F)c3)ccc2=O)c1. The van der Waals surface area contributed by atoms with E-state index in [2.05, 4.69) is 15.7 Å². The molecule has 0 aliphatic heterocycles. The van der Waals surface area contributed by atoms with Crippen LogP contribution < -0.4 is 20.9 Å². The molecule has 3 rings (SSSR count). The van der Waals surface area contributed by atoms with Crippen LogP contribution in [-0.2, 0) is 16.0 Å². The first kappa shape index (κ1) is 30.1. The van der Waals surface area contributed by atoms with Gasteiger partial charge in [0.15, 0.2) is 17.4 Å². The van der Waals surface area contributed by atoms with E-state index in [1.165, 1.54) is 12.1 Å². The van der Waals surface area contributed by atoms with Gasteiger partial charge in [0, 0.05) is 23.9 Å². The summed E-state index contributed by atoms with van der Waals surface area (Å²) < 4.78 is 45.9. The fourth-order valence-electron chi connectivity index (χ4n) is 3.52. The van der Waals surface area contributed by atoms with Crippen LogP contribution in [0.15, 0.2) is 53.3 Å². The molecule has 2 aromatic carbocycles. The lowest BCUT2D eigenvalue weighted by Crippen LogP contribution is -2.33. The molecule has 1 heterocycles. The van der Waals surface area contributed by atoms with E-state index in [1.54, 1.807) is 52.0 Å². The third-order valence-corrected chi connectivity index (χ3v) is 5.18. The number of hydrogen-bond donors (Lipinski definition) is 2. The molecule has 0 spiro atoms. The van der Waals surface area contributed by atoms with E-state index in [1.807, 2.05) is 0 Å². The van der Waals surface area contributed by atoms with Gasteiger partial charge in [-0.1, -0.05) is 12.1 Å². The summed E-state index contributed by atoms with van der Waals surface area (Å²) in [6.07, 6.45) is -0.905. The molecule has 0 aliphatic rings. The van der Waals surface area contributed by atoms with Crippen LogP contribution in [0.4, 0.5) is 24.1 Å². The first-order valence-corrected chi connectivity index (χ1v) is 12.6. The maximum Gasteiger partial charge on any atom is 0.411 e. The van der Waals surface area contributed by atoms with Gasteiger partial charge in [0.2, 0.25) is 0 Å². The van der Waals surface area contributed by atoms with Gasteiger partial charge in [-0.15, -0.1) is 0 Å². The van der Waals surface area contributed by atoms with Crippen LogP contribution in [0.25, 0.3) is 11.3 Å². The number of amides is 2. The number of aromatic nitrogens is 2. The molecule has 2 amide bonds. The van der Waals surface area contributed by atoms with Gasteiger partial charge in [0.25, 0.3) is 5.56 Å². The fraction of sp³-hybridized carbons (Fsp3) is 0.357. The van der Waals surface area contributed by atoms with Crippen LogP contribution in [0, 0.1) is 11.6 Å². The minimum absolute atomic E-state index is 0.0454. The Kier molecular flexibility index (Phi) is 10.2. The predicted octanol–water partition coefficient (Wildman–Crippen LogP) is 5.10. The topological polar surface area (TPSA) is 121 Å². The number of hydrogen-bond acceptors (Lipinski definition) is 7.